The van der Waals surface area contributed by atoms with Crippen molar-refractivity contribution in [3.63, 3.8) is 0 Å². The van der Waals surface area contributed by atoms with Gasteiger partial charge in [-0.25, -0.2) is 0 Å². The third-order valence-corrected chi connectivity index (χ3v) is 9.52. The first-order valence-electron chi connectivity index (χ1n) is 14.0. The SMILES string of the molecule is CCCCCCCCCCCCCCCC(CCC[Si](OC)(OC)OCCO)CC(C)(C)N. The lowest BCUT2D eigenvalue weighted by molar-refractivity contribution is 0.0776. The van der Waals surface area contributed by atoms with Crippen molar-refractivity contribution in [3.8, 4) is 0 Å². The van der Waals surface area contributed by atoms with Gasteiger partial charge in [0.2, 0.25) is 0 Å². The second kappa shape index (κ2) is 21.3. The molecular formula is C27H59NO4Si. The fourth-order valence-electron chi connectivity index (χ4n) is 4.83. The standard InChI is InChI=1S/C27H59NO4Si/c1-6-7-8-9-10-11-12-13-14-15-16-17-18-20-26(25-27(2,3)28)21-19-24-33(30-4,31-5)32-23-22-29/h26,29H,6-25,28H2,1-5H3. The van der Waals surface area contributed by atoms with Crippen molar-refractivity contribution in [2.24, 2.45) is 11.7 Å². The maximum atomic E-state index is 9.08. The minimum absolute atomic E-state index is 0.00942. The van der Waals surface area contributed by atoms with Gasteiger partial charge in [-0.2, -0.15) is 0 Å². The average molecular weight is 490 g/mol. The molecule has 0 amide bonds. The predicted molar refractivity (Wildman–Crippen MR) is 144 cm³/mol. The largest absolute Gasteiger partial charge is 0.500 e. The minimum Gasteiger partial charge on any atom is -0.394 e. The molecule has 3 N–H and O–H groups in total. The molecule has 0 rings (SSSR count). The molecule has 200 valence electrons. The number of nitrogens with two attached hydrogens (primary N) is 1. The number of rotatable bonds is 25. The molecule has 0 saturated heterocycles. The summed E-state index contributed by atoms with van der Waals surface area (Å²) >= 11 is 0. The van der Waals surface area contributed by atoms with Crippen molar-refractivity contribution in [1.82, 2.24) is 0 Å². The Balaban J connectivity index is 4.05. The second-order valence-electron chi connectivity index (χ2n) is 10.6. The second-order valence-corrected chi connectivity index (χ2v) is 13.6. The van der Waals surface area contributed by atoms with Crippen LogP contribution in [0.3, 0.4) is 0 Å². The molecular weight excluding hydrogens is 430 g/mol. The normalized spacial score (nSPS) is 13.5. The first kappa shape index (κ1) is 33.0. The van der Waals surface area contributed by atoms with E-state index in [-0.39, 0.29) is 18.8 Å². The Kier molecular flexibility index (Phi) is 21.3. The summed E-state index contributed by atoms with van der Waals surface area (Å²) < 4.78 is 17.0. The summed E-state index contributed by atoms with van der Waals surface area (Å²) in [5.41, 5.74) is 6.23. The number of hydrogen-bond acceptors (Lipinski definition) is 5. The quantitative estimate of drug-likeness (QED) is 0.104. The summed E-state index contributed by atoms with van der Waals surface area (Å²) in [6, 6.07) is 0.792. The van der Waals surface area contributed by atoms with Crippen molar-refractivity contribution in [3.05, 3.63) is 0 Å². The smallest absolute Gasteiger partial charge is 0.394 e. The number of aliphatic hydroxyl groups is 1. The van der Waals surface area contributed by atoms with Crippen LogP contribution in [0.25, 0.3) is 0 Å². The molecule has 1 atom stereocenters. The number of aliphatic hydroxyl groups excluding tert-OH is 1. The molecule has 1 unspecified atom stereocenters. The van der Waals surface area contributed by atoms with E-state index >= 15 is 0 Å². The van der Waals surface area contributed by atoms with Crippen LogP contribution in [-0.2, 0) is 13.3 Å². The number of hydrogen-bond donors (Lipinski definition) is 2. The fraction of sp³-hybridized carbons (Fsp3) is 1.00. The van der Waals surface area contributed by atoms with Gasteiger partial charge in [-0.3, -0.25) is 0 Å². The van der Waals surface area contributed by atoms with Crippen molar-refractivity contribution >= 4 is 8.80 Å². The van der Waals surface area contributed by atoms with E-state index in [0.29, 0.717) is 5.92 Å². The van der Waals surface area contributed by atoms with E-state index in [2.05, 4.69) is 20.8 Å². The van der Waals surface area contributed by atoms with E-state index in [0.717, 1.165) is 25.3 Å². The van der Waals surface area contributed by atoms with Crippen LogP contribution < -0.4 is 5.73 Å². The van der Waals surface area contributed by atoms with Gasteiger partial charge >= 0.3 is 8.80 Å². The Hall–Kier alpha value is 0.0169. The fourth-order valence-corrected chi connectivity index (χ4v) is 6.82. The molecule has 6 heteroatoms. The Morgan fingerprint density at radius 3 is 1.64 bits per heavy atom. The van der Waals surface area contributed by atoms with Gasteiger partial charge in [-0.05, 0) is 32.6 Å². The van der Waals surface area contributed by atoms with E-state index in [4.69, 9.17) is 24.1 Å². The Bertz CT molecular complexity index is 413. The van der Waals surface area contributed by atoms with E-state index in [1.165, 1.54) is 89.9 Å². The van der Waals surface area contributed by atoms with E-state index in [9.17, 15) is 0 Å². The molecule has 0 aliphatic heterocycles. The first-order valence-corrected chi connectivity index (χ1v) is 15.9. The monoisotopic (exact) mass is 489 g/mol. The lowest BCUT2D eigenvalue weighted by Crippen LogP contribution is -2.44. The van der Waals surface area contributed by atoms with Crippen LogP contribution in [0, 0.1) is 5.92 Å². The highest BCUT2D eigenvalue weighted by Crippen LogP contribution is 2.28. The zero-order valence-electron chi connectivity index (χ0n) is 23.0. The Morgan fingerprint density at radius 1 is 0.758 bits per heavy atom. The van der Waals surface area contributed by atoms with Gasteiger partial charge in [0.15, 0.2) is 0 Å². The van der Waals surface area contributed by atoms with Crippen molar-refractivity contribution in [1.29, 1.82) is 0 Å². The highest BCUT2D eigenvalue weighted by atomic mass is 28.4. The summed E-state index contributed by atoms with van der Waals surface area (Å²) in [7, 11) is 0.655. The van der Waals surface area contributed by atoms with Gasteiger partial charge in [0, 0.05) is 25.8 Å². The maximum absolute atomic E-state index is 9.08. The topological polar surface area (TPSA) is 73.9 Å². The summed E-state index contributed by atoms with van der Waals surface area (Å²) in [5, 5.41) is 9.08. The van der Waals surface area contributed by atoms with Crippen LogP contribution >= 0.6 is 0 Å². The molecule has 0 aromatic heterocycles. The number of unbranched alkanes of at least 4 members (excludes halogenated alkanes) is 12. The molecule has 0 aliphatic rings. The molecule has 0 radical (unpaired) electrons. The lowest BCUT2D eigenvalue weighted by atomic mass is 9.85. The zero-order valence-corrected chi connectivity index (χ0v) is 24.0. The lowest BCUT2D eigenvalue weighted by Gasteiger charge is -2.29. The van der Waals surface area contributed by atoms with Gasteiger partial charge < -0.3 is 24.1 Å². The van der Waals surface area contributed by atoms with Crippen LogP contribution in [0.2, 0.25) is 6.04 Å². The van der Waals surface area contributed by atoms with Gasteiger partial charge in [-0.15, -0.1) is 0 Å². The van der Waals surface area contributed by atoms with Gasteiger partial charge in [0.1, 0.15) is 0 Å². The summed E-state index contributed by atoms with van der Waals surface area (Å²) in [6.45, 7) is 6.82. The Morgan fingerprint density at radius 2 is 1.21 bits per heavy atom. The zero-order chi connectivity index (χ0) is 24.8. The van der Waals surface area contributed by atoms with E-state index in [1.807, 2.05) is 0 Å². The van der Waals surface area contributed by atoms with Crippen LogP contribution in [0.1, 0.15) is 130 Å². The minimum atomic E-state index is -2.65. The third-order valence-electron chi connectivity index (χ3n) is 6.66. The van der Waals surface area contributed by atoms with Crippen molar-refractivity contribution in [2.75, 3.05) is 27.4 Å². The van der Waals surface area contributed by atoms with Crippen LogP contribution in [-0.4, -0.2) is 46.9 Å². The van der Waals surface area contributed by atoms with Gasteiger partial charge in [0.25, 0.3) is 0 Å². The highest BCUT2D eigenvalue weighted by molar-refractivity contribution is 6.60. The third kappa shape index (κ3) is 20.0. The van der Waals surface area contributed by atoms with Crippen molar-refractivity contribution < 1.29 is 18.4 Å². The molecule has 0 bridgehead atoms. The average Bonchev–Trinajstić information content (AvgIpc) is 2.78. The van der Waals surface area contributed by atoms with Crippen LogP contribution in [0.5, 0.6) is 0 Å². The maximum Gasteiger partial charge on any atom is 0.500 e. The molecule has 0 spiro atoms. The summed E-state index contributed by atoms with van der Waals surface area (Å²) in [4.78, 5) is 0. The molecule has 0 aromatic carbocycles. The molecule has 5 nitrogen and oxygen atoms in total. The molecule has 0 aliphatic carbocycles. The highest BCUT2D eigenvalue weighted by Gasteiger charge is 2.38. The van der Waals surface area contributed by atoms with Crippen LogP contribution in [0.4, 0.5) is 0 Å². The van der Waals surface area contributed by atoms with E-state index < -0.39 is 8.80 Å². The molecule has 0 saturated carbocycles. The molecule has 0 aromatic rings. The van der Waals surface area contributed by atoms with Gasteiger partial charge in [0.05, 0.1) is 13.2 Å². The van der Waals surface area contributed by atoms with E-state index in [1.54, 1.807) is 14.2 Å². The van der Waals surface area contributed by atoms with Crippen LogP contribution in [0.15, 0.2) is 0 Å². The van der Waals surface area contributed by atoms with Crippen molar-refractivity contribution in [2.45, 2.75) is 142 Å². The molecule has 33 heavy (non-hydrogen) atoms. The summed E-state index contributed by atoms with van der Waals surface area (Å²) in [5.74, 6) is 0.635. The predicted octanol–water partition coefficient (Wildman–Crippen LogP) is 7.23. The molecule has 0 heterocycles. The Labute approximate surface area is 207 Å². The first-order chi connectivity index (χ1) is 15.8. The molecule has 0 fully saturated rings. The van der Waals surface area contributed by atoms with Gasteiger partial charge in [-0.1, -0.05) is 103 Å². The summed E-state index contributed by atoms with van der Waals surface area (Å²) in [6.07, 6.45) is 22.6.